The maximum absolute atomic E-state index is 13.7. The number of thiazole rings is 1. The Balaban J connectivity index is 1.52. The van der Waals surface area contributed by atoms with E-state index in [0.717, 1.165) is 15.9 Å². The monoisotopic (exact) mass is 445 g/mol. The zero-order chi connectivity index (χ0) is 22.1. The van der Waals surface area contributed by atoms with Gasteiger partial charge >= 0.3 is 0 Å². The minimum absolute atomic E-state index is 0.150. The van der Waals surface area contributed by atoms with E-state index < -0.39 is 6.10 Å². The molecule has 5 rings (SSSR count). The lowest BCUT2D eigenvalue weighted by Gasteiger charge is -2.29. The van der Waals surface area contributed by atoms with Gasteiger partial charge in [0, 0.05) is 6.20 Å². The van der Waals surface area contributed by atoms with Gasteiger partial charge in [-0.2, -0.15) is 0 Å². The van der Waals surface area contributed by atoms with Gasteiger partial charge in [0.05, 0.1) is 22.5 Å². The molecule has 0 saturated carbocycles. The summed E-state index contributed by atoms with van der Waals surface area (Å²) in [6.07, 6.45) is 0.967. The smallest absolute Gasteiger partial charge is 0.273 e. The fraction of sp³-hybridized carbons (Fsp3) is 0.240. The lowest BCUT2D eigenvalue weighted by atomic mass is 10.0. The van der Waals surface area contributed by atoms with Gasteiger partial charge in [0.25, 0.3) is 5.91 Å². The topological polar surface area (TPSA) is 64.6 Å². The van der Waals surface area contributed by atoms with E-state index in [1.54, 1.807) is 11.1 Å². The number of carbonyl (C=O) groups excluding carboxylic acids is 1. The van der Waals surface area contributed by atoms with Crippen LogP contribution >= 0.6 is 11.3 Å². The van der Waals surface area contributed by atoms with Crippen LogP contribution in [0.3, 0.4) is 0 Å². The summed E-state index contributed by atoms with van der Waals surface area (Å²) in [6.45, 7) is 4.75. The number of hydrogen-bond acceptors (Lipinski definition) is 6. The number of amides is 1. The van der Waals surface area contributed by atoms with Crippen LogP contribution in [0.15, 0.2) is 66.9 Å². The second-order valence-electron chi connectivity index (χ2n) is 7.95. The summed E-state index contributed by atoms with van der Waals surface area (Å²) in [4.78, 5) is 24.6. The second kappa shape index (κ2) is 8.59. The number of pyridine rings is 1. The number of hydrogen-bond donors (Lipinski definition) is 0. The molecule has 1 aliphatic rings. The van der Waals surface area contributed by atoms with Crippen LogP contribution in [-0.2, 0) is 11.3 Å². The molecule has 1 unspecified atom stereocenters. The molecule has 0 N–H and O–H groups in total. The molecule has 1 atom stereocenters. The summed E-state index contributed by atoms with van der Waals surface area (Å²) in [5.41, 5.74) is 2.88. The van der Waals surface area contributed by atoms with Gasteiger partial charge in [-0.05, 0) is 41.8 Å². The molecule has 0 spiro atoms. The molecule has 0 aliphatic carbocycles. The molecule has 0 radical (unpaired) electrons. The lowest BCUT2D eigenvalue weighted by Crippen LogP contribution is -2.46. The van der Waals surface area contributed by atoms with E-state index in [9.17, 15) is 4.79 Å². The van der Waals surface area contributed by atoms with Gasteiger partial charge < -0.3 is 9.47 Å². The lowest BCUT2D eigenvalue weighted by molar-refractivity contribution is -0.127. The Morgan fingerprint density at radius 3 is 2.69 bits per heavy atom. The summed E-state index contributed by atoms with van der Waals surface area (Å²) in [5, 5.41) is 0.631. The fourth-order valence-electron chi connectivity index (χ4n) is 3.75. The number of benzene rings is 2. The highest BCUT2D eigenvalue weighted by Crippen LogP contribution is 2.36. The van der Waals surface area contributed by atoms with Crippen molar-refractivity contribution in [2.24, 2.45) is 0 Å². The largest absolute Gasteiger partial charge is 0.485 e. The van der Waals surface area contributed by atoms with Crippen LogP contribution in [-0.4, -0.2) is 28.6 Å². The number of aromatic nitrogens is 2. The van der Waals surface area contributed by atoms with Gasteiger partial charge in [0.15, 0.2) is 16.6 Å². The van der Waals surface area contributed by atoms with Crippen LogP contribution in [0.4, 0.5) is 5.13 Å². The molecular weight excluding hydrogens is 422 g/mol. The summed E-state index contributed by atoms with van der Waals surface area (Å²) >= 11 is 1.50. The molecule has 1 aliphatic heterocycles. The first-order valence-corrected chi connectivity index (χ1v) is 11.4. The second-order valence-corrected chi connectivity index (χ2v) is 8.96. The van der Waals surface area contributed by atoms with Crippen LogP contribution < -0.4 is 14.4 Å². The number of carbonyl (C=O) groups is 1. The van der Waals surface area contributed by atoms with Crippen molar-refractivity contribution in [3.8, 4) is 11.5 Å². The zero-order valence-corrected chi connectivity index (χ0v) is 18.7. The Morgan fingerprint density at radius 2 is 1.91 bits per heavy atom. The van der Waals surface area contributed by atoms with Crippen LogP contribution in [0.2, 0.25) is 0 Å². The summed E-state index contributed by atoms with van der Waals surface area (Å²) in [6, 6.07) is 19.2. The van der Waals surface area contributed by atoms with Gasteiger partial charge in [-0.1, -0.05) is 55.5 Å². The fourth-order valence-corrected chi connectivity index (χ4v) is 4.75. The highest BCUT2D eigenvalue weighted by atomic mass is 32.1. The highest BCUT2D eigenvalue weighted by molar-refractivity contribution is 7.22. The predicted octanol–water partition coefficient (Wildman–Crippen LogP) is 5.19. The van der Waals surface area contributed by atoms with E-state index in [-0.39, 0.29) is 12.5 Å². The molecule has 6 nitrogen and oxygen atoms in total. The molecule has 4 aromatic rings. The molecule has 2 aromatic carbocycles. The Bertz CT molecular complexity index is 1260. The van der Waals surface area contributed by atoms with E-state index in [0.29, 0.717) is 29.1 Å². The molecule has 3 heterocycles. The van der Waals surface area contributed by atoms with Gasteiger partial charge in [0.1, 0.15) is 6.61 Å². The molecule has 32 heavy (non-hydrogen) atoms. The molecule has 2 aromatic heterocycles. The van der Waals surface area contributed by atoms with Crippen LogP contribution in [0.1, 0.15) is 31.0 Å². The van der Waals surface area contributed by atoms with E-state index in [4.69, 9.17) is 14.5 Å². The van der Waals surface area contributed by atoms with Crippen molar-refractivity contribution in [1.82, 2.24) is 9.97 Å². The van der Waals surface area contributed by atoms with Crippen molar-refractivity contribution in [3.63, 3.8) is 0 Å². The highest BCUT2D eigenvalue weighted by Gasteiger charge is 2.33. The molecular formula is C25H23N3O3S. The molecule has 7 heteroatoms. The minimum Gasteiger partial charge on any atom is -0.485 e. The van der Waals surface area contributed by atoms with Crippen molar-refractivity contribution in [1.29, 1.82) is 0 Å². The third-order valence-corrected chi connectivity index (χ3v) is 6.43. The van der Waals surface area contributed by atoms with Crippen LogP contribution in [0.5, 0.6) is 11.5 Å². The van der Waals surface area contributed by atoms with Gasteiger partial charge in [-0.25, -0.2) is 4.98 Å². The van der Waals surface area contributed by atoms with Crippen LogP contribution in [0, 0.1) is 0 Å². The number of para-hydroxylation sites is 3. The van der Waals surface area contributed by atoms with Crippen molar-refractivity contribution in [2.75, 3.05) is 11.5 Å². The number of ether oxygens (including phenoxy) is 2. The van der Waals surface area contributed by atoms with Crippen LogP contribution in [0.25, 0.3) is 10.2 Å². The Kier molecular flexibility index (Phi) is 5.49. The Morgan fingerprint density at radius 1 is 1.09 bits per heavy atom. The van der Waals surface area contributed by atoms with Crippen molar-refractivity contribution in [2.45, 2.75) is 32.4 Å². The summed E-state index contributed by atoms with van der Waals surface area (Å²) in [7, 11) is 0. The first-order valence-electron chi connectivity index (χ1n) is 10.6. The number of rotatable bonds is 5. The van der Waals surface area contributed by atoms with E-state index in [1.807, 2.05) is 54.6 Å². The Hall–Kier alpha value is -3.45. The molecule has 0 bridgehead atoms. The summed E-state index contributed by atoms with van der Waals surface area (Å²) < 4.78 is 12.9. The average Bonchev–Trinajstić information content (AvgIpc) is 3.26. The average molecular weight is 446 g/mol. The first-order chi connectivity index (χ1) is 15.6. The zero-order valence-electron chi connectivity index (χ0n) is 17.9. The molecule has 0 fully saturated rings. The Labute approximate surface area is 190 Å². The van der Waals surface area contributed by atoms with E-state index in [1.165, 1.54) is 16.9 Å². The maximum Gasteiger partial charge on any atom is 0.273 e. The van der Waals surface area contributed by atoms with Gasteiger partial charge in [-0.3, -0.25) is 14.7 Å². The minimum atomic E-state index is -0.759. The summed E-state index contributed by atoms with van der Waals surface area (Å²) in [5.74, 6) is 1.35. The van der Waals surface area contributed by atoms with Gasteiger partial charge in [0.2, 0.25) is 6.10 Å². The first kappa shape index (κ1) is 20.5. The maximum atomic E-state index is 13.7. The van der Waals surface area contributed by atoms with Crippen molar-refractivity contribution in [3.05, 3.63) is 78.1 Å². The normalized spacial score (nSPS) is 15.2. The van der Waals surface area contributed by atoms with E-state index >= 15 is 0 Å². The molecule has 0 saturated heterocycles. The van der Waals surface area contributed by atoms with Gasteiger partial charge in [-0.15, -0.1) is 0 Å². The third kappa shape index (κ3) is 3.91. The number of anilines is 1. The van der Waals surface area contributed by atoms with E-state index in [2.05, 4.69) is 24.9 Å². The quantitative estimate of drug-likeness (QED) is 0.423. The SMILES string of the molecule is CC(C)c1cccc2sc(N(Cc3ccccn3)C(=O)C3COc4ccccc4O3)nc12. The number of fused-ring (bicyclic) bond motifs is 2. The third-order valence-electron chi connectivity index (χ3n) is 5.39. The molecule has 162 valence electrons. The number of nitrogens with zero attached hydrogens (tertiary/aromatic N) is 3. The van der Waals surface area contributed by atoms with Crippen molar-refractivity contribution >= 4 is 32.6 Å². The molecule has 1 amide bonds. The predicted molar refractivity (Wildman–Crippen MR) is 125 cm³/mol. The van der Waals surface area contributed by atoms with Crippen molar-refractivity contribution < 1.29 is 14.3 Å². The standard InChI is InChI=1S/C25H23N3O3S/c1-16(2)18-9-7-12-22-23(18)27-25(32-22)28(14-17-8-5-6-13-26-17)24(29)21-15-30-19-10-3-4-11-20(19)31-21/h3-13,16,21H,14-15H2,1-2H3.